The van der Waals surface area contributed by atoms with Crippen molar-refractivity contribution in [3.8, 4) is 11.5 Å². The van der Waals surface area contributed by atoms with E-state index in [0.717, 1.165) is 16.7 Å². The van der Waals surface area contributed by atoms with Crippen LogP contribution in [0.2, 0.25) is 0 Å². The van der Waals surface area contributed by atoms with E-state index in [1.54, 1.807) is 6.07 Å². The highest BCUT2D eigenvalue weighted by Crippen LogP contribution is 2.43. The molecule has 96 valence electrons. The van der Waals surface area contributed by atoms with Gasteiger partial charge < -0.3 is 10.2 Å². The van der Waals surface area contributed by atoms with E-state index in [1.165, 1.54) is 0 Å². The Kier molecular flexibility index (Phi) is 3.21. The molecular formula is C15H24O2. The lowest BCUT2D eigenvalue weighted by atomic mass is 9.76. The standard InChI is InChI=1S/C15H24O2/c1-9-10(14(2,3)4)8-11(16)13(17)12(9)15(5,6)7/h8,16-17H,1-7H3. The lowest BCUT2D eigenvalue weighted by molar-refractivity contribution is 0.385. The minimum Gasteiger partial charge on any atom is -0.504 e. The molecule has 1 aromatic rings. The van der Waals surface area contributed by atoms with Gasteiger partial charge in [-0.25, -0.2) is 0 Å². The van der Waals surface area contributed by atoms with Crippen molar-refractivity contribution in [2.24, 2.45) is 0 Å². The van der Waals surface area contributed by atoms with Gasteiger partial charge in [0.2, 0.25) is 0 Å². The van der Waals surface area contributed by atoms with Crippen LogP contribution in [0.5, 0.6) is 11.5 Å². The maximum atomic E-state index is 10.1. The summed E-state index contributed by atoms with van der Waals surface area (Å²) in [5.41, 5.74) is 2.75. The minimum atomic E-state index is -0.188. The molecule has 1 aromatic carbocycles. The van der Waals surface area contributed by atoms with Crippen LogP contribution in [0.3, 0.4) is 0 Å². The summed E-state index contributed by atoms with van der Waals surface area (Å²) in [6.07, 6.45) is 0. The summed E-state index contributed by atoms with van der Waals surface area (Å²) in [5.74, 6) is -0.00606. The highest BCUT2D eigenvalue weighted by molar-refractivity contribution is 5.56. The molecule has 0 saturated carbocycles. The maximum Gasteiger partial charge on any atom is 0.161 e. The fourth-order valence-electron chi connectivity index (χ4n) is 2.45. The van der Waals surface area contributed by atoms with Crippen LogP contribution < -0.4 is 0 Å². The molecule has 0 saturated heterocycles. The maximum absolute atomic E-state index is 10.1. The van der Waals surface area contributed by atoms with Crippen molar-refractivity contribution < 1.29 is 10.2 Å². The number of hydrogen-bond acceptors (Lipinski definition) is 2. The van der Waals surface area contributed by atoms with Crippen LogP contribution in [0.15, 0.2) is 6.07 Å². The van der Waals surface area contributed by atoms with Crippen molar-refractivity contribution in [1.82, 2.24) is 0 Å². The molecular weight excluding hydrogens is 212 g/mol. The van der Waals surface area contributed by atoms with Crippen molar-refractivity contribution in [2.75, 3.05) is 0 Å². The van der Waals surface area contributed by atoms with E-state index in [9.17, 15) is 10.2 Å². The van der Waals surface area contributed by atoms with Gasteiger partial charge in [-0.1, -0.05) is 41.5 Å². The lowest BCUT2D eigenvalue weighted by Crippen LogP contribution is -2.19. The Bertz CT molecular complexity index is 432. The Hall–Kier alpha value is -1.18. The predicted molar refractivity (Wildman–Crippen MR) is 71.9 cm³/mol. The van der Waals surface area contributed by atoms with Crippen molar-refractivity contribution in [3.63, 3.8) is 0 Å². The summed E-state index contributed by atoms with van der Waals surface area (Å²) in [4.78, 5) is 0. The summed E-state index contributed by atoms with van der Waals surface area (Å²) in [7, 11) is 0. The van der Waals surface area contributed by atoms with Gasteiger partial charge in [-0.15, -0.1) is 0 Å². The largest absolute Gasteiger partial charge is 0.504 e. The molecule has 2 N–H and O–H groups in total. The minimum absolute atomic E-state index is 0.0167. The van der Waals surface area contributed by atoms with Crippen LogP contribution in [0.25, 0.3) is 0 Å². The fraction of sp³-hybridized carbons (Fsp3) is 0.600. The second-order valence-corrected chi connectivity index (χ2v) is 6.79. The molecule has 0 aliphatic heterocycles. The molecule has 0 atom stereocenters. The van der Waals surface area contributed by atoms with Gasteiger partial charge in [0, 0.05) is 5.56 Å². The van der Waals surface area contributed by atoms with E-state index >= 15 is 0 Å². The molecule has 0 heterocycles. The third-order valence-corrected chi connectivity index (χ3v) is 3.10. The zero-order valence-electron chi connectivity index (χ0n) is 12.0. The van der Waals surface area contributed by atoms with E-state index in [1.807, 2.05) is 27.7 Å². The van der Waals surface area contributed by atoms with Gasteiger partial charge in [0.15, 0.2) is 11.5 Å². The highest BCUT2D eigenvalue weighted by Gasteiger charge is 2.28. The number of rotatable bonds is 0. The Labute approximate surface area is 104 Å². The summed E-state index contributed by atoms with van der Waals surface area (Å²) < 4.78 is 0. The molecule has 0 radical (unpaired) electrons. The molecule has 2 nitrogen and oxygen atoms in total. The first-order valence-corrected chi connectivity index (χ1v) is 6.02. The molecule has 0 fully saturated rings. The number of hydrogen-bond donors (Lipinski definition) is 2. The second-order valence-electron chi connectivity index (χ2n) is 6.79. The second kappa shape index (κ2) is 3.94. The Morgan fingerprint density at radius 3 is 1.71 bits per heavy atom. The third kappa shape index (κ3) is 2.56. The monoisotopic (exact) mass is 236 g/mol. The third-order valence-electron chi connectivity index (χ3n) is 3.10. The van der Waals surface area contributed by atoms with Crippen LogP contribution in [0.4, 0.5) is 0 Å². The summed E-state index contributed by atoms with van der Waals surface area (Å²) in [6.45, 7) is 14.5. The summed E-state index contributed by atoms with van der Waals surface area (Å²) >= 11 is 0. The molecule has 0 spiro atoms. The quantitative estimate of drug-likeness (QED) is 0.668. The SMILES string of the molecule is Cc1c(C(C)(C)C)cc(O)c(O)c1C(C)(C)C. The molecule has 0 unspecified atom stereocenters. The molecule has 0 aliphatic rings. The van der Waals surface area contributed by atoms with E-state index in [0.29, 0.717) is 0 Å². The van der Waals surface area contributed by atoms with E-state index < -0.39 is 0 Å². The van der Waals surface area contributed by atoms with Crippen LogP contribution in [0, 0.1) is 6.92 Å². The zero-order valence-corrected chi connectivity index (χ0v) is 12.0. The van der Waals surface area contributed by atoms with Crippen LogP contribution in [0.1, 0.15) is 58.2 Å². The Morgan fingerprint density at radius 1 is 0.882 bits per heavy atom. The molecule has 0 aliphatic carbocycles. The number of aromatic hydroxyl groups is 2. The highest BCUT2D eigenvalue weighted by atomic mass is 16.3. The molecule has 0 amide bonds. The van der Waals surface area contributed by atoms with Crippen molar-refractivity contribution in [2.45, 2.75) is 59.3 Å². The number of benzene rings is 1. The van der Waals surface area contributed by atoms with E-state index in [-0.39, 0.29) is 22.3 Å². The Balaban J connectivity index is 3.67. The van der Waals surface area contributed by atoms with Gasteiger partial charge in [-0.2, -0.15) is 0 Å². The average Bonchev–Trinajstić information content (AvgIpc) is 2.07. The molecule has 2 heteroatoms. The average molecular weight is 236 g/mol. The normalized spacial score (nSPS) is 12.9. The first-order valence-electron chi connectivity index (χ1n) is 6.02. The van der Waals surface area contributed by atoms with E-state index in [2.05, 4.69) is 20.8 Å². The fourth-order valence-corrected chi connectivity index (χ4v) is 2.45. The van der Waals surface area contributed by atoms with Gasteiger partial charge in [0.05, 0.1) is 0 Å². The van der Waals surface area contributed by atoms with Gasteiger partial charge in [-0.05, 0) is 34.9 Å². The van der Waals surface area contributed by atoms with Gasteiger partial charge in [0.25, 0.3) is 0 Å². The zero-order chi connectivity index (χ0) is 13.6. The van der Waals surface area contributed by atoms with Crippen LogP contribution >= 0.6 is 0 Å². The molecule has 17 heavy (non-hydrogen) atoms. The van der Waals surface area contributed by atoms with Gasteiger partial charge >= 0.3 is 0 Å². The van der Waals surface area contributed by atoms with Gasteiger partial charge in [0.1, 0.15) is 0 Å². The summed E-state index contributed by atoms with van der Waals surface area (Å²) in [6, 6.07) is 1.68. The number of phenolic OH excluding ortho intramolecular Hbond substituents is 2. The first kappa shape index (κ1) is 13.9. The first-order chi connectivity index (χ1) is 7.46. The van der Waals surface area contributed by atoms with E-state index in [4.69, 9.17) is 0 Å². The van der Waals surface area contributed by atoms with Crippen molar-refractivity contribution in [3.05, 3.63) is 22.8 Å². The van der Waals surface area contributed by atoms with Crippen molar-refractivity contribution >= 4 is 0 Å². The van der Waals surface area contributed by atoms with Gasteiger partial charge in [-0.3, -0.25) is 0 Å². The number of phenols is 2. The molecule has 1 rings (SSSR count). The predicted octanol–water partition coefficient (Wildman–Crippen LogP) is 4.00. The lowest BCUT2D eigenvalue weighted by Gasteiger charge is -2.29. The van der Waals surface area contributed by atoms with Crippen LogP contribution in [-0.4, -0.2) is 10.2 Å². The topological polar surface area (TPSA) is 40.5 Å². The molecule has 0 aromatic heterocycles. The smallest absolute Gasteiger partial charge is 0.161 e. The molecule has 0 bridgehead atoms. The summed E-state index contributed by atoms with van der Waals surface area (Å²) in [5, 5.41) is 19.9. The van der Waals surface area contributed by atoms with Crippen LogP contribution in [-0.2, 0) is 10.8 Å². The Morgan fingerprint density at radius 2 is 1.35 bits per heavy atom. The van der Waals surface area contributed by atoms with Crippen molar-refractivity contribution in [1.29, 1.82) is 0 Å².